The lowest BCUT2D eigenvalue weighted by Gasteiger charge is -2.38. The lowest BCUT2D eigenvalue weighted by atomic mass is 9.88. The zero-order valence-electron chi connectivity index (χ0n) is 14.9. The highest BCUT2D eigenvalue weighted by Gasteiger charge is 2.41. The molecule has 1 aliphatic carbocycles. The molecule has 5 nitrogen and oxygen atoms in total. The van der Waals surface area contributed by atoms with Crippen LogP contribution in [0.1, 0.15) is 45.8 Å². The summed E-state index contributed by atoms with van der Waals surface area (Å²) >= 11 is 0. The van der Waals surface area contributed by atoms with Crippen molar-refractivity contribution >= 4 is 28.9 Å². The molecule has 1 saturated heterocycles. The molecular weight excluding hydrogens is 338 g/mol. The Kier molecular flexibility index (Phi) is 3.10. The topological polar surface area (TPSA) is 58.7 Å². The molecule has 6 rings (SSSR count). The van der Waals surface area contributed by atoms with E-state index in [1.807, 2.05) is 24.4 Å². The maximum absolute atomic E-state index is 13.3. The summed E-state index contributed by atoms with van der Waals surface area (Å²) in [5.41, 5.74) is 7.28. The maximum Gasteiger partial charge on any atom is 0.254 e. The number of likely N-dealkylation sites (tertiary alicyclic amines) is 1. The predicted octanol–water partition coefficient (Wildman–Crippen LogP) is 4.03. The van der Waals surface area contributed by atoms with Gasteiger partial charge in [-0.05, 0) is 60.2 Å². The van der Waals surface area contributed by atoms with Gasteiger partial charge in [0.05, 0.1) is 5.69 Å². The molecule has 1 fully saturated rings. The highest BCUT2D eigenvalue weighted by Crippen LogP contribution is 2.44. The summed E-state index contributed by atoms with van der Waals surface area (Å²) in [5, 5.41) is 0. The first-order valence-electron chi connectivity index (χ1n) is 9.60. The lowest BCUT2D eigenvalue weighted by Crippen LogP contribution is -2.46. The third-order valence-corrected chi connectivity index (χ3v) is 6.33. The van der Waals surface area contributed by atoms with Crippen LogP contribution >= 0.6 is 0 Å². The van der Waals surface area contributed by atoms with Gasteiger partial charge in [0, 0.05) is 36.7 Å². The standard InChI is InChI=1S/C22H19N3O2/c26-22(14-4-3-13-5-6-23-18(13)8-14)25-7-1-2-16-17-11-21-19(24-12-27-21)9-15(17)10-20(16)25/h3-4,6,8-9,11-12,16,20H,1-2,5,7,10H2/t16-,20+/m1/s1. The molecule has 0 spiro atoms. The Labute approximate surface area is 156 Å². The average molecular weight is 357 g/mol. The number of benzene rings is 2. The summed E-state index contributed by atoms with van der Waals surface area (Å²) in [5.74, 6) is 0.517. The minimum absolute atomic E-state index is 0.129. The molecule has 0 radical (unpaired) electrons. The van der Waals surface area contributed by atoms with Crippen LogP contribution in [0.2, 0.25) is 0 Å². The van der Waals surface area contributed by atoms with E-state index in [2.05, 4.69) is 27.0 Å². The molecule has 3 heterocycles. The van der Waals surface area contributed by atoms with Gasteiger partial charge in [0.2, 0.25) is 0 Å². The Bertz CT molecular complexity index is 1110. The summed E-state index contributed by atoms with van der Waals surface area (Å²) in [7, 11) is 0. The van der Waals surface area contributed by atoms with Crippen LogP contribution in [0.15, 0.2) is 46.1 Å². The second-order valence-corrected chi connectivity index (χ2v) is 7.75. The van der Waals surface area contributed by atoms with Gasteiger partial charge in [-0.15, -0.1) is 0 Å². The van der Waals surface area contributed by atoms with Crippen LogP contribution in [0.5, 0.6) is 0 Å². The number of carbonyl (C=O) groups excluding carboxylic acids is 1. The normalized spacial score (nSPS) is 22.7. The van der Waals surface area contributed by atoms with Crippen LogP contribution in [-0.2, 0) is 12.8 Å². The van der Waals surface area contributed by atoms with Crippen LogP contribution in [-0.4, -0.2) is 34.6 Å². The van der Waals surface area contributed by atoms with Crippen molar-refractivity contribution in [3.8, 4) is 0 Å². The van der Waals surface area contributed by atoms with Crippen molar-refractivity contribution < 1.29 is 9.21 Å². The Balaban J connectivity index is 1.35. The molecule has 0 unspecified atom stereocenters. The zero-order valence-corrected chi connectivity index (χ0v) is 14.9. The summed E-state index contributed by atoms with van der Waals surface area (Å²) in [6.07, 6.45) is 7.33. The minimum atomic E-state index is 0.129. The van der Waals surface area contributed by atoms with E-state index in [9.17, 15) is 4.79 Å². The second kappa shape index (κ2) is 5.52. The quantitative estimate of drug-likeness (QED) is 0.661. The third-order valence-electron chi connectivity index (χ3n) is 6.33. The van der Waals surface area contributed by atoms with E-state index in [-0.39, 0.29) is 11.9 Å². The molecule has 2 aromatic carbocycles. The zero-order chi connectivity index (χ0) is 18.0. The molecule has 2 atom stereocenters. The van der Waals surface area contributed by atoms with E-state index in [4.69, 9.17) is 4.42 Å². The molecule has 2 aliphatic heterocycles. The molecule has 134 valence electrons. The highest BCUT2D eigenvalue weighted by molar-refractivity contribution is 5.96. The molecular formula is C22H19N3O2. The summed E-state index contributed by atoms with van der Waals surface area (Å²) in [4.78, 5) is 24.1. The number of hydrogen-bond acceptors (Lipinski definition) is 4. The molecule has 27 heavy (non-hydrogen) atoms. The van der Waals surface area contributed by atoms with Gasteiger partial charge in [0.25, 0.3) is 5.91 Å². The predicted molar refractivity (Wildman–Crippen MR) is 103 cm³/mol. The van der Waals surface area contributed by atoms with Crippen LogP contribution in [0.25, 0.3) is 11.1 Å². The number of aromatic nitrogens is 1. The van der Waals surface area contributed by atoms with Gasteiger partial charge in [-0.1, -0.05) is 6.07 Å². The minimum Gasteiger partial charge on any atom is -0.443 e. The van der Waals surface area contributed by atoms with Gasteiger partial charge < -0.3 is 9.32 Å². The molecule has 0 bridgehead atoms. The highest BCUT2D eigenvalue weighted by atomic mass is 16.3. The van der Waals surface area contributed by atoms with Crippen LogP contribution in [0, 0.1) is 0 Å². The van der Waals surface area contributed by atoms with E-state index in [1.54, 1.807) is 0 Å². The number of rotatable bonds is 1. The number of oxazole rings is 1. The Morgan fingerprint density at radius 1 is 1.19 bits per heavy atom. The first-order valence-corrected chi connectivity index (χ1v) is 9.60. The number of amides is 1. The van der Waals surface area contributed by atoms with E-state index >= 15 is 0 Å². The Hall–Kier alpha value is -2.95. The van der Waals surface area contributed by atoms with Crippen molar-refractivity contribution in [3.63, 3.8) is 0 Å². The van der Waals surface area contributed by atoms with Gasteiger partial charge in [-0.25, -0.2) is 4.98 Å². The van der Waals surface area contributed by atoms with Gasteiger partial charge in [0.15, 0.2) is 12.0 Å². The van der Waals surface area contributed by atoms with Crippen LogP contribution in [0.3, 0.4) is 0 Å². The number of nitrogens with zero attached hydrogens (tertiary/aromatic N) is 3. The largest absolute Gasteiger partial charge is 0.443 e. The SMILES string of the molecule is O=C(c1ccc2c(c1)N=CC2)N1CCC[C@@H]2c3cc4ocnc4cc3C[C@@H]21. The summed E-state index contributed by atoms with van der Waals surface area (Å²) < 4.78 is 5.50. The van der Waals surface area contributed by atoms with Crippen molar-refractivity contribution in [2.45, 2.75) is 37.6 Å². The second-order valence-electron chi connectivity index (χ2n) is 7.75. The first kappa shape index (κ1) is 15.1. The smallest absolute Gasteiger partial charge is 0.254 e. The molecule has 1 amide bonds. The lowest BCUT2D eigenvalue weighted by molar-refractivity contribution is 0.0595. The van der Waals surface area contributed by atoms with Crippen molar-refractivity contribution in [3.05, 3.63) is 59.0 Å². The monoisotopic (exact) mass is 357 g/mol. The van der Waals surface area contributed by atoms with E-state index in [0.29, 0.717) is 5.92 Å². The molecule has 5 heteroatoms. The summed E-state index contributed by atoms with van der Waals surface area (Å²) in [6, 6.07) is 10.5. The van der Waals surface area contributed by atoms with Gasteiger partial charge in [-0.2, -0.15) is 0 Å². The average Bonchev–Trinajstić information content (AvgIpc) is 3.42. The number of carbonyl (C=O) groups is 1. The summed E-state index contributed by atoms with van der Waals surface area (Å²) in [6.45, 7) is 0.822. The fraction of sp³-hybridized carbons (Fsp3) is 0.318. The number of aliphatic imine (C=N–C) groups is 1. The number of piperidine rings is 1. The van der Waals surface area contributed by atoms with E-state index < -0.39 is 0 Å². The molecule has 1 aromatic heterocycles. The van der Waals surface area contributed by atoms with Crippen molar-refractivity contribution in [2.75, 3.05) is 6.54 Å². The Morgan fingerprint density at radius 3 is 3.11 bits per heavy atom. The Morgan fingerprint density at radius 2 is 2.15 bits per heavy atom. The van der Waals surface area contributed by atoms with E-state index in [1.165, 1.54) is 23.1 Å². The molecule has 3 aromatic rings. The fourth-order valence-corrected chi connectivity index (χ4v) is 5.03. The molecule has 0 N–H and O–H groups in total. The first-order chi connectivity index (χ1) is 13.3. The molecule has 0 saturated carbocycles. The van der Waals surface area contributed by atoms with Crippen molar-refractivity contribution in [2.24, 2.45) is 4.99 Å². The fourth-order valence-electron chi connectivity index (χ4n) is 5.03. The van der Waals surface area contributed by atoms with Crippen LogP contribution < -0.4 is 0 Å². The maximum atomic E-state index is 13.3. The van der Waals surface area contributed by atoms with E-state index in [0.717, 1.165) is 54.6 Å². The van der Waals surface area contributed by atoms with Crippen LogP contribution in [0.4, 0.5) is 5.69 Å². The van der Waals surface area contributed by atoms with Crippen molar-refractivity contribution in [1.29, 1.82) is 0 Å². The number of hydrogen-bond donors (Lipinski definition) is 0. The van der Waals surface area contributed by atoms with Gasteiger partial charge in [-0.3, -0.25) is 9.79 Å². The molecule has 3 aliphatic rings. The van der Waals surface area contributed by atoms with Gasteiger partial charge >= 0.3 is 0 Å². The third kappa shape index (κ3) is 2.21. The number of fused-ring (bicyclic) bond motifs is 5. The van der Waals surface area contributed by atoms with Crippen molar-refractivity contribution in [1.82, 2.24) is 9.88 Å². The van der Waals surface area contributed by atoms with Gasteiger partial charge in [0.1, 0.15) is 5.52 Å².